The van der Waals surface area contributed by atoms with Crippen LogP contribution in [0.3, 0.4) is 0 Å². The van der Waals surface area contributed by atoms with Gasteiger partial charge in [-0.3, -0.25) is 9.89 Å². The van der Waals surface area contributed by atoms with E-state index in [4.69, 9.17) is 4.74 Å². The number of carbonyl (C=O) groups is 1. The number of halogens is 6. The average molecular weight is 479 g/mol. The van der Waals surface area contributed by atoms with E-state index in [2.05, 4.69) is 15.5 Å². The lowest BCUT2D eigenvalue weighted by molar-refractivity contribution is -0.143. The van der Waals surface area contributed by atoms with Gasteiger partial charge in [0.15, 0.2) is 5.82 Å². The molecule has 34 heavy (non-hydrogen) atoms. The van der Waals surface area contributed by atoms with Crippen LogP contribution in [0.15, 0.2) is 66.7 Å². The maximum absolute atomic E-state index is 13.3. The molecule has 0 saturated carbocycles. The molecule has 0 unspecified atom stereocenters. The van der Waals surface area contributed by atoms with Crippen molar-refractivity contribution in [1.29, 1.82) is 0 Å². The summed E-state index contributed by atoms with van der Waals surface area (Å²) in [6.07, 6.45) is -9.91. The molecule has 2 N–H and O–H groups in total. The summed E-state index contributed by atoms with van der Waals surface area (Å²) in [6, 6.07) is 14.2. The monoisotopic (exact) mass is 479 g/mol. The Morgan fingerprint density at radius 2 is 1.65 bits per heavy atom. The van der Waals surface area contributed by atoms with Gasteiger partial charge in [-0.2, -0.15) is 31.4 Å². The largest absolute Gasteiger partial charge is 0.489 e. The summed E-state index contributed by atoms with van der Waals surface area (Å²) in [5, 5.41) is 9.83. The molecule has 1 heterocycles. The number of rotatable bonds is 5. The summed E-state index contributed by atoms with van der Waals surface area (Å²) in [7, 11) is 0. The van der Waals surface area contributed by atoms with Gasteiger partial charge in [0.05, 0.1) is 16.6 Å². The van der Waals surface area contributed by atoms with Gasteiger partial charge in [0.25, 0.3) is 5.91 Å². The van der Waals surface area contributed by atoms with E-state index >= 15 is 0 Å². The number of aromatic amines is 1. The second-order valence-corrected chi connectivity index (χ2v) is 7.26. The minimum Gasteiger partial charge on any atom is -0.489 e. The topological polar surface area (TPSA) is 67.0 Å². The molecule has 0 bridgehead atoms. The zero-order valence-electron chi connectivity index (χ0n) is 17.1. The molecule has 0 aliphatic carbocycles. The molecule has 0 saturated heterocycles. The quantitative estimate of drug-likeness (QED) is 0.324. The molecule has 5 nitrogen and oxygen atoms in total. The molecule has 0 aliphatic rings. The Labute approximate surface area is 188 Å². The third-order valence-corrected chi connectivity index (χ3v) is 4.94. The summed E-state index contributed by atoms with van der Waals surface area (Å²) in [6.45, 7) is -0.623. The fourth-order valence-electron chi connectivity index (χ4n) is 3.25. The fraction of sp³-hybridized carbons (Fsp3) is 0.130. The van der Waals surface area contributed by atoms with Crippen LogP contribution >= 0.6 is 0 Å². The van der Waals surface area contributed by atoms with Crippen LogP contribution in [0.25, 0.3) is 10.9 Å². The van der Waals surface area contributed by atoms with Crippen molar-refractivity contribution in [1.82, 2.24) is 10.2 Å². The zero-order chi connectivity index (χ0) is 24.5. The van der Waals surface area contributed by atoms with Gasteiger partial charge in [-0.1, -0.05) is 24.3 Å². The predicted molar refractivity (Wildman–Crippen MR) is 111 cm³/mol. The Morgan fingerprint density at radius 3 is 2.32 bits per heavy atom. The Bertz CT molecular complexity index is 1330. The lowest BCUT2D eigenvalue weighted by atomic mass is 10.0. The summed E-state index contributed by atoms with van der Waals surface area (Å²) in [4.78, 5) is 12.4. The number of H-pyrrole nitrogens is 1. The first-order valence-electron chi connectivity index (χ1n) is 9.77. The molecule has 0 spiro atoms. The minimum atomic E-state index is -5.00. The molecule has 4 aromatic rings. The molecule has 1 aromatic heterocycles. The van der Waals surface area contributed by atoms with Crippen LogP contribution in [0.1, 0.15) is 27.0 Å². The lowest BCUT2D eigenvalue weighted by Crippen LogP contribution is -2.14. The average Bonchev–Trinajstić information content (AvgIpc) is 3.19. The molecule has 176 valence electrons. The van der Waals surface area contributed by atoms with Crippen molar-refractivity contribution in [3.8, 4) is 5.75 Å². The van der Waals surface area contributed by atoms with Gasteiger partial charge in [-0.05, 0) is 42.5 Å². The van der Waals surface area contributed by atoms with E-state index < -0.39 is 41.6 Å². The first-order chi connectivity index (χ1) is 16.0. The van der Waals surface area contributed by atoms with Gasteiger partial charge in [0, 0.05) is 16.5 Å². The molecule has 0 fully saturated rings. The highest BCUT2D eigenvalue weighted by Crippen LogP contribution is 2.38. The number of nitrogens with zero attached hydrogens (tertiary/aromatic N) is 1. The molecular weight excluding hydrogens is 464 g/mol. The molecule has 11 heteroatoms. The summed E-state index contributed by atoms with van der Waals surface area (Å²) < 4.78 is 84.0. The van der Waals surface area contributed by atoms with Crippen molar-refractivity contribution in [2.24, 2.45) is 0 Å². The molecule has 3 aromatic carbocycles. The number of nitrogens with one attached hydrogen (secondary N) is 2. The van der Waals surface area contributed by atoms with Crippen molar-refractivity contribution in [2.45, 2.75) is 19.0 Å². The molecule has 1 amide bonds. The maximum atomic E-state index is 13.3. The summed E-state index contributed by atoms with van der Waals surface area (Å²) in [5.74, 6) is -0.100. The molecule has 0 radical (unpaired) electrons. The molecule has 0 atom stereocenters. The summed E-state index contributed by atoms with van der Waals surface area (Å²) in [5.41, 5.74) is -2.36. The van der Waals surface area contributed by atoms with Gasteiger partial charge in [-0.15, -0.1) is 0 Å². The number of benzene rings is 3. The van der Waals surface area contributed by atoms with Gasteiger partial charge in [0.2, 0.25) is 0 Å². The van der Waals surface area contributed by atoms with Gasteiger partial charge < -0.3 is 10.1 Å². The summed E-state index contributed by atoms with van der Waals surface area (Å²) >= 11 is 0. The van der Waals surface area contributed by atoms with Crippen LogP contribution in [0.4, 0.5) is 32.2 Å². The van der Waals surface area contributed by atoms with Crippen molar-refractivity contribution in [3.63, 3.8) is 0 Å². The van der Waals surface area contributed by atoms with Crippen LogP contribution < -0.4 is 10.1 Å². The lowest BCUT2D eigenvalue weighted by Gasteiger charge is -2.16. The number of fused-ring (bicyclic) bond motifs is 1. The third kappa shape index (κ3) is 4.98. The fourth-order valence-corrected chi connectivity index (χ4v) is 3.25. The number of hydrogen-bond donors (Lipinski definition) is 2. The second kappa shape index (κ2) is 8.73. The zero-order valence-corrected chi connectivity index (χ0v) is 17.1. The predicted octanol–water partition coefficient (Wildman–Crippen LogP) is 6.43. The van der Waals surface area contributed by atoms with Gasteiger partial charge in [0.1, 0.15) is 12.4 Å². The van der Waals surface area contributed by atoms with Crippen molar-refractivity contribution < 1.29 is 35.9 Å². The Kier molecular flexibility index (Phi) is 5.94. The van der Waals surface area contributed by atoms with E-state index in [1.807, 2.05) is 0 Å². The number of carbonyl (C=O) groups excluding carboxylic acids is 1. The number of hydrogen-bond acceptors (Lipinski definition) is 3. The van der Waals surface area contributed by atoms with Crippen molar-refractivity contribution in [3.05, 3.63) is 89.0 Å². The molecule has 4 rings (SSSR count). The Balaban J connectivity index is 1.57. The Morgan fingerprint density at radius 1 is 0.912 bits per heavy atom. The van der Waals surface area contributed by atoms with Crippen LogP contribution in [0.5, 0.6) is 5.75 Å². The second-order valence-electron chi connectivity index (χ2n) is 7.26. The van der Waals surface area contributed by atoms with Gasteiger partial charge >= 0.3 is 12.4 Å². The number of aromatic nitrogens is 2. The highest BCUT2D eigenvalue weighted by Gasteiger charge is 2.38. The SMILES string of the molecule is O=C(Nc1n[nH]c2ccc(OCc3ccc(C(F)(F)F)cc3C(F)(F)F)cc12)c1ccccc1. The van der Waals surface area contributed by atoms with Crippen LogP contribution in [0.2, 0.25) is 0 Å². The van der Waals surface area contributed by atoms with Crippen molar-refractivity contribution in [2.75, 3.05) is 5.32 Å². The number of amides is 1. The highest BCUT2D eigenvalue weighted by atomic mass is 19.4. The van der Waals surface area contributed by atoms with Crippen LogP contribution in [0, 0.1) is 0 Å². The maximum Gasteiger partial charge on any atom is 0.416 e. The van der Waals surface area contributed by atoms with Crippen LogP contribution in [-0.4, -0.2) is 16.1 Å². The van der Waals surface area contributed by atoms with E-state index in [0.29, 0.717) is 22.5 Å². The van der Waals surface area contributed by atoms with E-state index in [0.717, 1.165) is 6.07 Å². The number of alkyl halides is 6. The first kappa shape index (κ1) is 23.1. The van der Waals surface area contributed by atoms with E-state index in [-0.39, 0.29) is 17.6 Å². The number of ether oxygens (including phenoxy) is 1. The van der Waals surface area contributed by atoms with Crippen molar-refractivity contribution >= 4 is 22.6 Å². The Hall–Kier alpha value is -4.02. The van der Waals surface area contributed by atoms with E-state index in [9.17, 15) is 31.1 Å². The highest BCUT2D eigenvalue weighted by molar-refractivity contribution is 6.07. The third-order valence-electron chi connectivity index (χ3n) is 4.94. The normalized spacial score (nSPS) is 12.1. The number of anilines is 1. The first-order valence-corrected chi connectivity index (χ1v) is 9.77. The van der Waals surface area contributed by atoms with E-state index in [1.54, 1.807) is 36.4 Å². The molecular formula is C23H15F6N3O2. The van der Waals surface area contributed by atoms with Gasteiger partial charge in [-0.25, -0.2) is 0 Å². The standard InChI is InChI=1S/C23H15F6N3O2/c24-22(25,26)15-7-6-14(18(10-15)23(27,28)29)12-34-16-8-9-19-17(11-16)20(32-31-19)30-21(33)13-4-2-1-3-5-13/h1-11H,12H2,(H2,30,31,32,33). The molecule has 0 aliphatic heterocycles. The smallest absolute Gasteiger partial charge is 0.416 e. The minimum absolute atomic E-state index is 0.0647. The van der Waals surface area contributed by atoms with E-state index in [1.165, 1.54) is 12.1 Å². The van der Waals surface area contributed by atoms with Crippen LogP contribution in [-0.2, 0) is 19.0 Å².